The maximum absolute atomic E-state index is 13.0. The highest BCUT2D eigenvalue weighted by atomic mass is 19.1. The van der Waals surface area contributed by atoms with Crippen LogP contribution >= 0.6 is 0 Å². The summed E-state index contributed by atoms with van der Waals surface area (Å²) >= 11 is 0. The van der Waals surface area contributed by atoms with Crippen molar-refractivity contribution in [2.45, 2.75) is 20.1 Å². The van der Waals surface area contributed by atoms with E-state index in [9.17, 15) is 4.39 Å². The van der Waals surface area contributed by atoms with Crippen LogP contribution in [-0.2, 0) is 9.47 Å². The van der Waals surface area contributed by atoms with Gasteiger partial charge in [-0.2, -0.15) is 0 Å². The van der Waals surface area contributed by atoms with Gasteiger partial charge < -0.3 is 14.2 Å². The molecule has 0 N–H and O–H groups in total. The van der Waals surface area contributed by atoms with Gasteiger partial charge in [0.05, 0.1) is 0 Å². The fourth-order valence-corrected chi connectivity index (χ4v) is 1.40. The van der Waals surface area contributed by atoms with Crippen LogP contribution in [0.1, 0.15) is 13.8 Å². The summed E-state index contributed by atoms with van der Waals surface area (Å²) in [6.07, 6.45) is -0.410. The molecule has 1 aromatic rings. The second-order valence-corrected chi connectivity index (χ2v) is 3.56. The average molecular weight is 240 g/mol. The molecule has 0 unspecified atom stereocenters. The number of benzene rings is 1. The van der Waals surface area contributed by atoms with Crippen LogP contribution in [0.4, 0.5) is 4.39 Å². The van der Waals surface area contributed by atoms with Gasteiger partial charge in [0.2, 0.25) is 0 Å². The minimum Gasteiger partial charge on any atom is -0.489 e. The van der Waals surface area contributed by atoms with Crippen LogP contribution < -0.4 is 10.2 Å². The lowest BCUT2D eigenvalue weighted by Gasteiger charge is -2.18. The van der Waals surface area contributed by atoms with Gasteiger partial charge in [0, 0.05) is 19.3 Å². The number of hydrogen-bond donors (Lipinski definition) is 0. The Kier molecular flexibility index (Phi) is 6.01. The quantitative estimate of drug-likeness (QED) is 0.522. The highest BCUT2D eigenvalue weighted by molar-refractivity contribution is 6.34. The summed E-state index contributed by atoms with van der Waals surface area (Å²) in [6.45, 7) is 5.14. The standard InChI is InChI=1S/C12H18BFO3/c1-3-15-12(16-4-2)8-17-11-7-9(14)5-6-10(11)13/h5-7,12H,3-4,8,13H2,1-2H3. The van der Waals surface area contributed by atoms with Gasteiger partial charge in [-0.3, -0.25) is 0 Å². The van der Waals surface area contributed by atoms with Crippen LogP contribution in [0.15, 0.2) is 18.2 Å². The summed E-state index contributed by atoms with van der Waals surface area (Å²) in [4.78, 5) is 0. The number of ether oxygens (including phenoxy) is 3. The lowest BCUT2D eigenvalue weighted by Crippen LogP contribution is -2.26. The van der Waals surface area contributed by atoms with Crippen molar-refractivity contribution in [1.29, 1.82) is 0 Å². The summed E-state index contributed by atoms with van der Waals surface area (Å²) in [5.41, 5.74) is 0.887. The smallest absolute Gasteiger partial charge is 0.191 e. The fourth-order valence-electron chi connectivity index (χ4n) is 1.40. The Labute approximate surface area is 102 Å². The molecule has 1 aromatic carbocycles. The molecule has 94 valence electrons. The van der Waals surface area contributed by atoms with Crippen molar-refractivity contribution in [2.75, 3.05) is 19.8 Å². The zero-order valence-electron chi connectivity index (χ0n) is 10.5. The SMILES string of the molecule is Bc1ccc(F)cc1OCC(OCC)OCC. The van der Waals surface area contributed by atoms with Crippen molar-refractivity contribution in [3.05, 3.63) is 24.0 Å². The Morgan fingerprint density at radius 3 is 2.47 bits per heavy atom. The molecule has 0 aliphatic heterocycles. The molecule has 5 heteroatoms. The van der Waals surface area contributed by atoms with Gasteiger partial charge in [-0.1, -0.05) is 6.07 Å². The largest absolute Gasteiger partial charge is 0.489 e. The molecule has 0 amide bonds. The average Bonchev–Trinajstić information content (AvgIpc) is 2.30. The summed E-state index contributed by atoms with van der Waals surface area (Å²) < 4.78 is 29.2. The molecule has 0 heterocycles. The van der Waals surface area contributed by atoms with E-state index in [1.165, 1.54) is 12.1 Å². The third-order valence-electron chi connectivity index (χ3n) is 2.23. The van der Waals surface area contributed by atoms with Gasteiger partial charge in [0.25, 0.3) is 0 Å². The lowest BCUT2D eigenvalue weighted by molar-refractivity contribution is -0.152. The fraction of sp³-hybridized carbons (Fsp3) is 0.500. The highest BCUT2D eigenvalue weighted by Gasteiger charge is 2.10. The molecule has 0 saturated carbocycles. The molecule has 0 bridgehead atoms. The third kappa shape index (κ3) is 4.75. The number of hydrogen-bond acceptors (Lipinski definition) is 3. The molecule has 0 atom stereocenters. The second kappa shape index (κ2) is 7.30. The van der Waals surface area contributed by atoms with E-state index in [0.29, 0.717) is 19.0 Å². The number of rotatable bonds is 7. The summed E-state index contributed by atoms with van der Waals surface area (Å²) in [5, 5.41) is 0. The molecule has 0 saturated heterocycles. The van der Waals surface area contributed by atoms with E-state index in [1.807, 2.05) is 21.7 Å². The molecular formula is C12H18BFO3. The van der Waals surface area contributed by atoms with E-state index in [0.717, 1.165) is 5.46 Å². The zero-order chi connectivity index (χ0) is 12.7. The van der Waals surface area contributed by atoms with Crippen molar-refractivity contribution < 1.29 is 18.6 Å². The molecule has 0 fully saturated rings. The maximum atomic E-state index is 13.0. The van der Waals surface area contributed by atoms with Crippen LogP contribution in [-0.4, -0.2) is 34.0 Å². The first-order valence-electron chi connectivity index (χ1n) is 5.79. The van der Waals surface area contributed by atoms with E-state index >= 15 is 0 Å². The van der Waals surface area contributed by atoms with Crippen molar-refractivity contribution in [1.82, 2.24) is 0 Å². The van der Waals surface area contributed by atoms with Gasteiger partial charge in [0.15, 0.2) is 6.29 Å². The van der Waals surface area contributed by atoms with Crippen LogP contribution in [0.25, 0.3) is 0 Å². The Hall–Kier alpha value is -1.07. The Morgan fingerprint density at radius 1 is 1.24 bits per heavy atom. The third-order valence-corrected chi connectivity index (χ3v) is 2.23. The summed E-state index contributed by atoms with van der Waals surface area (Å²) in [5.74, 6) is 0.212. The summed E-state index contributed by atoms with van der Waals surface area (Å²) in [6, 6.07) is 4.45. The van der Waals surface area contributed by atoms with E-state index in [-0.39, 0.29) is 12.4 Å². The van der Waals surface area contributed by atoms with Crippen molar-refractivity contribution in [3.8, 4) is 5.75 Å². The Bertz CT molecular complexity index is 341. The zero-order valence-corrected chi connectivity index (χ0v) is 10.5. The molecule has 0 spiro atoms. The van der Waals surface area contributed by atoms with Gasteiger partial charge in [-0.05, 0) is 25.4 Å². The molecule has 3 nitrogen and oxygen atoms in total. The van der Waals surface area contributed by atoms with E-state index in [4.69, 9.17) is 14.2 Å². The molecule has 1 rings (SSSR count). The Morgan fingerprint density at radius 2 is 1.88 bits per heavy atom. The predicted molar refractivity (Wildman–Crippen MR) is 67.1 cm³/mol. The van der Waals surface area contributed by atoms with Crippen molar-refractivity contribution in [2.24, 2.45) is 0 Å². The predicted octanol–water partition coefficient (Wildman–Crippen LogP) is 0.862. The van der Waals surface area contributed by atoms with Crippen LogP contribution in [0.3, 0.4) is 0 Å². The van der Waals surface area contributed by atoms with E-state index < -0.39 is 6.29 Å². The van der Waals surface area contributed by atoms with Crippen molar-refractivity contribution in [3.63, 3.8) is 0 Å². The first-order chi connectivity index (χ1) is 8.17. The molecule has 0 aliphatic rings. The first-order valence-corrected chi connectivity index (χ1v) is 5.79. The normalized spacial score (nSPS) is 10.8. The minimum atomic E-state index is -0.410. The monoisotopic (exact) mass is 240 g/mol. The topological polar surface area (TPSA) is 27.7 Å². The molecule has 0 radical (unpaired) electrons. The summed E-state index contributed by atoms with van der Waals surface area (Å²) in [7, 11) is 1.87. The van der Waals surface area contributed by atoms with Crippen molar-refractivity contribution >= 4 is 13.3 Å². The number of halogens is 1. The minimum absolute atomic E-state index is 0.256. The van der Waals surface area contributed by atoms with Gasteiger partial charge in [-0.25, -0.2) is 4.39 Å². The van der Waals surface area contributed by atoms with Gasteiger partial charge >= 0.3 is 0 Å². The highest BCUT2D eigenvalue weighted by Crippen LogP contribution is 2.10. The Balaban J connectivity index is 2.55. The van der Waals surface area contributed by atoms with E-state index in [1.54, 1.807) is 6.07 Å². The second-order valence-electron chi connectivity index (χ2n) is 3.56. The molecule has 0 aliphatic carbocycles. The van der Waals surface area contributed by atoms with Gasteiger partial charge in [0.1, 0.15) is 26.0 Å². The van der Waals surface area contributed by atoms with Gasteiger partial charge in [-0.15, -0.1) is 0 Å². The first kappa shape index (κ1) is 14.0. The van der Waals surface area contributed by atoms with Crippen LogP contribution in [0.2, 0.25) is 0 Å². The van der Waals surface area contributed by atoms with E-state index in [2.05, 4.69) is 0 Å². The van der Waals surface area contributed by atoms with Crippen LogP contribution in [0, 0.1) is 5.82 Å². The molecular weight excluding hydrogens is 222 g/mol. The molecule has 17 heavy (non-hydrogen) atoms. The van der Waals surface area contributed by atoms with Crippen LogP contribution in [0.5, 0.6) is 5.75 Å². The maximum Gasteiger partial charge on any atom is 0.191 e. The lowest BCUT2D eigenvalue weighted by atomic mass is 9.95. The molecule has 0 aromatic heterocycles.